The summed E-state index contributed by atoms with van der Waals surface area (Å²) in [6.45, 7) is 0.821. The van der Waals surface area contributed by atoms with Gasteiger partial charge in [0.1, 0.15) is 5.65 Å². The Morgan fingerprint density at radius 3 is 1.98 bits per heavy atom. The molecule has 5 heteroatoms. The van der Waals surface area contributed by atoms with Gasteiger partial charge < -0.3 is 14.4 Å². The monoisotopic (exact) mass is 541 g/mol. The zero-order valence-electron chi connectivity index (χ0n) is 23.1. The van der Waals surface area contributed by atoms with Crippen LogP contribution in [0.5, 0.6) is 0 Å². The third-order valence-electron chi connectivity index (χ3n) is 8.69. The molecule has 42 heavy (non-hydrogen) atoms. The summed E-state index contributed by atoms with van der Waals surface area (Å²) in [4.78, 5) is 9.52. The second-order valence-corrected chi connectivity index (χ2v) is 11.1. The van der Waals surface area contributed by atoms with Crippen LogP contribution < -0.4 is 9.80 Å². The van der Waals surface area contributed by atoms with Crippen LogP contribution in [0.3, 0.4) is 0 Å². The molecule has 200 valence electrons. The maximum atomic E-state index is 4.81. The molecule has 0 amide bonds. The fraction of sp³-hybridized carbons (Fsp3) is 0.0541. The highest BCUT2D eigenvalue weighted by atomic mass is 15.4. The number of fused-ring (bicyclic) bond motifs is 7. The molecular formula is C37H27N5. The normalized spacial score (nSPS) is 13.2. The summed E-state index contributed by atoms with van der Waals surface area (Å²) in [7, 11) is 2.16. The number of pyridine rings is 1. The maximum absolute atomic E-state index is 4.81. The van der Waals surface area contributed by atoms with Gasteiger partial charge in [-0.25, -0.2) is 4.98 Å². The van der Waals surface area contributed by atoms with Gasteiger partial charge in [-0.2, -0.15) is 0 Å². The van der Waals surface area contributed by atoms with Crippen LogP contribution in [-0.2, 0) is 0 Å². The highest BCUT2D eigenvalue weighted by Gasteiger charge is 2.25. The van der Waals surface area contributed by atoms with Gasteiger partial charge in [-0.15, -0.1) is 0 Å². The maximum Gasteiger partial charge on any atom is 0.145 e. The molecule has 0 fully saturated rings. The zero-order chi connectivity index (χ0) is 27.8. The average molecular weight is 542 g/mol. The largest absolute Gasteiger partial charge is 0.355 e. The fourth-order valence-corrected chi connectivity index (χ4v) is 6.83. The molecule has 8 aromatic rings. The predicted octanol–water partition coefficient (Wildman–Crippen LogP) is 8.82. The van der Waals surface area contributed by atoms with Crippen molar-refractivity contribution in [1.82, 2.24) is 14.1 Å². The van der Waals surface area contributed by atoms with Gasteiger partial charge in [0.05, 0.1) is 34.6 Å². The molecule has 0 unspecified atom stereocenters. The second kappa shape index (κ2) is 8.72. The smallest absolute Gasteiger partial charge is 0.145 e. The van der Waals surface area contributed by atoms with Crippen molar-refractivity contribution in [2.24, 2.45) is 0 Å². The quantitative estimate of drug-likeness (QED) is 0.224. The van der Waals surface area contributed by atoms with Crippen molar-refractivity contribution in [1.29, 1.82) is 0 Å². The summed E-state index contributed by atoms with van der Waals surface area (Å²) >= 11 is 0. The van der Waals surface area contributed by atoms with E-state index in [0.29, 0.717) is 0 Å². The Labute approximate surface area is 243 Å². The topological polar surface area (TPSA) is 29.2 Å². The molecule has 5 nitrogen and oxygen atoms in total. The van der Waals surface area contributed by atoms with Crippen LogP contribution in [0.4, 0.5) is 17.1 Å². The van der Waals surface area contributed by atoms with E-state index in [4.69, 9.17) is 4.98 Å². The summed E-state index contributed by atoms with van der Waals surface area (Å²) in [6, 6.07) is 45.8. The first-order chi connectivity index (χ1) is 20.8. The number of para-hydroxylation sites is 4. The van der Waals surface area contributed by atoms with Crippen LogP contribution in [0.2, 0.25) is 0 Å². The third kappa shape index (κ3) is 3.22. The van der Waals surface area contributed by atoms with E-state index < -0.39 is 0 Å². The van der Waals surface area contributed by atoms with Crippen molar-refractivity contribution in [3.05, 3.63) is 134 Å². The zero-order valence-corrected chi connectivity index (χ0v) is 23.1. The van der Waals surface area contributed by atoms with E-state index in [-0.39, 0.29) is 0 Å². The van der Waals surface area contributed by atoms with Crippen molar-refractivity contribution in [3.8, 4) is 11.4 Å². The van der Waals surface area contributed by atoms with Gasteiger partial charge in [-0.3, -0.25) is 4.57 Å². The Kier molecular flexibility index (Phi) is 4.81. The molecule has 0 saturated heterocycles. The van der Waals surface area contributed by atoms with E-state index in [9.17, 15) is 0 Å². The number of benzene rings is 5. The van der Waals surface area contributed by atoms with Gasteiger partial charge >= 0.3 is 0 Å². The number of hydrogen-bond acceptors (Lipinski definition) is 3. The van der Waals surface area contributed by atoms with Crippen LogP contribution in [0, 0.1) is 0 Å². The fourth-order valence-electron chi connectivity index (χ4n) is 6.83. The Hall–Kier alpha value is -5.55. The summed E-state index contributed by atoms with van der Waals surface area (Å²) < 4.78 is 4.69. The summed E-state index contributed by atoms with van der Waals surface area (Å²) in [5.41, 5.74) is 10.4. The standard InChI is InChI=1S/C37H27N5/c1-39-24-40(35-18-7-6-17-34(35)39)25-19-20-30-28-12-2-4-15-32(28)41(36(30)23-25)26-10-8-11-27(22-26)42-33-16-5-3-13-29(33)31-14-9-21-38-37(31)42/h2-23H,24H2,1H3. The number of hydrogen-bond donors (Lipinski definition) is 0. The Morgan fingerprint density at radius 1 is 0.500 bits per heavy atom. The number of anilines is 3. The van der Waals surface area contributed by atoms with Crippen molar-refractivity contribution >= 4 is 60.8 Å². The molecule has 5 aromatic carbocycles. The molecule has 0 atom stereocenters. The Balaban J connectivity index is 1.28. The van der Waals surface area contributed by atoms with E-state index in [1.165, 1.54) is 44.3 Å². The molecule has 3 aromatic heterocycles. The van der Waals surface area contributed by atoms with E-state index in [0.717, 1.165) is 34.6 Å². The lowest BCUT2D eigenvalue weighted by molar-refractivity contribution is 0.950. The van der Waals surface area contributed by atoms with Crippen LogP contribution in [0.25, 0.3) is 55.1 Å². The average Bonchev–Trinajstić information content (AvgIpc) is 3.68. The highest BCUT2D eigenvalue weighted by molar-refractivity contribution is 6.11. The first kappa shape index (κ1) is 23.2. The molecule has 4 heterocycles. The lowest BCUT2D eigenvalue weighted by atomic mass is 10.1. The van der Waals surface area contributed by atoms with Gasteiger partial charge in [0, 0.05) is 51.9 Å². The second-order valence-electron chi connectivity index (χ2n) is 11.1. The van der Waals surface area contributed by atoms with Crippen molar-refractivity contribution < 1.29 is 0 Å². The van der Waals surface area contributed by atoms with Gasteiger partial charge in [0.15, 0.2) is 0 Å². The van der Waals surface area contributed by atoms with E-state index in [2.05, 4.69) is 147 Å². The van der Waals surface area contributed by atoms with Gasteiger partial charge in [0.25, 0.3) is 0 Å². The summed E-state index contributed by atoms with van der Waals surface area (Å²) in [6.07, 6.45) is 1.88. The molecule has 0 bridgehead atoms. The molecule has 1 aliphatic rings. The molecule has 0 aliphatic carbocycles. The van der Waals surface area contributed by atoms with Crippen LogP contribution in [0.15, 0.2) is 134 Å². The van der Waals surface area contributed by atoms with Crippen molar-refractivity contribution in [2.45, 2.75) is 0 Å². The van der Waals surface area contributed by atoms with Crippen molar-refractivity contribution in [2.75, 3.05) is 23.5 Å². The van der Waals surface area contributed by atoms with E-state index >= 15 is 0 Å². The van der Waals surface area contributed by atoms with Gasteiger partial charge in [-0.1, -0.05) is 60.7 Å². The Morgan fingerprint density at radius 2 is 1.14 bits per heavy atom. The van der Waals surface area contributed by atoms with Gasteiger partial charge in [0.2, 0.25) is 0 Å². The lowest BCUT2D eigenvalue weighted by Gasteiger charge is -2.20. The number of rotatable bonds is 3. The predicted molar refractivity (Wildman–Crippen MR) is 175 cm³/mol. The molecule has 1 aliphatic heterocycles. The number of aromatic nitrogens is 3. The SMILES string of the molecule is CN1CN(c2ccc3c4ccccc4n(-c4cccc(-n5c6ccccc6c6cccnc65)c4)c3c2)c2ccccc21. The van der Waals surface area contributed by atoms with Crippen LogP contribution in [-0.4, -0.2) is 27.8 Å². The van der Waals surface area contributed by atoms with E-state index in [1.54, 1.807) is 0 Å². The molecular weight excluding hydrogens is 514 g/mol. The third-order valence-corrected chi connectivity index (χ3v) is 8.69. The molecule has 0 radical (unpaired) electrons. The summed E-state index contributed by atoms with van der Waals surface area (Å²) in [5, 5.41) is 4.88. The summed E-state index contributed by atoms with van der Waals surface area (Å²) in [5.74, 6) is 0. The molecule has 0 saturated carbocycles. The molecule has 9 rings (SSSR count). The highest BCUT2D eigenvalue weighted by Crippen LogP contribution is 2.42. The van der Waals surface area contributed by atoms with Crippen molar-refractivity contribution in [3.63, 3.8) is 0 Å². The van der Waals surface area contributed by atoms with Gasteiger partial charge in [-0.05, 0) is 66.7 Å². The minimum absolute atomic E-state index is 0.821. The lowest BCUT2D eigenvalue weighted by Crippen LogP contribution is -2.23. The minimum Gasteiger partial charge on any atom is -0.355 e. The molecule has 0 N–H and O–H groups in total. The first-order valence-electron chi connectivity index (χ1n) is 14.3. The van der Waals surface area contributed by atoms with Crippen LogP contribution >= 0.6 is 0 Å². The van der Waals surface area contributed by atoms with E-state index in [1.807, 2.05) is 12.3 Å². The minimum atomic E-state index is 0.821. The first-order valence-corrected chi connectivity index (χ1v) is 14.3. The van der Waals surface area contributed by atoms with Crippen LogP contribution in [0.1, 0.15) is 0 Å². The number of nitrogens with zero attached hydrogens (tertiary/aromatic N) is 5. The Bertz CT molecular complexity index is 2270. The molecule has 0 spiro atoms.